The number of hydrogen-bond donors (Lipinski definition) is 2. The maximum absolute atomic E-state index is 11.9. The normalized spacial score (nSPS) is 11.2. The number of aliphatic hydroxyl groups excluding tert-OH is 1. The lowest BCUT2D eigenvalue weighted by molar-refractivity contribution is -0.164. The van der Waals surface area contributed by atoms with E-state index in [2.05, 4.69) is 0 Å². The van der Waals surface area contributed by atoms with Gasteiger partial charge >= 0.3 is 12.1 Å². The Morgan fingerprint density at radius 2 is 1.80 bits per heavy atom. The third kappa shape index (κ3) is 6.72. The van der Waals surface area contributed by atoms with Gasteiger partial charge < -0.3 is 15.1 Å². The Labute approximate surface area is 83.1 Å². The largest absolute Gasteiger partial charge is 0.481 e. The fraction of sp³-hybridized carbons (Fsp3) is 0.714. The van der Waals surface area contributed by atoms with Crippen molar-refractivity contribution in [2.24, 2.45) is 0 Å². The smallest absolute Gasteiger partial charge is 0.406 e. The Hall–Kier alpha value is -1.31. The van der Waals surface area contributed by atoms with Gasteiger partial charge in [-0.3, -0.25) is 9.59 Å². The summed E-state index contributed by atoms with van der Waals surface area (Å²) in [6.45, 7) is -2.74. The molecule has 0 aromatic rings. The number of hydrogen-bond acceptors (Lipinski definition) is 3. The van der Waals surface area contributed by atoms with Crippen molar-refractivity contribution in [1.82, 2.24) is 4.90 Å². The lowest BCUT2D eigenvalue weighted by atomic mass is 10.3. The molecule has 0 heterocycles. The standard InChI is InChI=1S/C7H10F3NO4/c8-7(9,10)4-11(1-2-12)5(13)3-6(14)15/h12H,1-4H2,(H,14,15). The summed E-state index contributed by atoms with van der Waals surface area (Å²) >= 11 is 0. The second-order valence-electron chi connectivity index (χ2n) is 2.72. The zero-order chi connectivity index (χ0) is 12.1. The molecule has 2 N–H and O–H groups in total. The first-order valence-corrected chi connectivity index (χ1v) is 3.93. The van der Waals surface area contributed by atoms with Crippen molar-refractivity contribution < 1.29 is 33.0 Å². The molecule has 0 aromatic carbocycles. The van der Waals surface area contributed by atoms with E-state index in [1.807, 2.05) is 0 Å². The molecule has 0 aromatic heterocycles. The molecule has 0 atom stereocenters. The fourth-order valence-electron chi connectivity index (χ4n) is 0.870. The molecule has 0 aliphatic heterocycles. The summed E-state index contributed by atoms with van der Waals surface area (Å²) in [7, 11) is 0. The monoisotopic (exact) mass is 229 g/mol. The zero-order valence-corrected chi connectivity index (χ0v) is 7.62. The Morgan fingerprint density at radius 1 is 1.27 bits per heavy atom. The van der Waals surface area contributed by atoms with Gasteiger partial charge in [0.15, 0.2) is 0 Å². The number of rotatable bonds is 5. The van der Waals surface area contributed by atoms with Gasteiger partial charge in [0.25, 0.3) is 0 Å². The van der Waals surface area contributed by atoms with Crippen LogP contribution in [0, 0.1) is 0 Å². The molecule has 0 radical (unpaired) electrons. The highest BCUT2D eigenvalue weighted by Crippen LogP contribution is 2.16. The number of carboxylic acids is 1. The van der Waals surface area contributed by atoms with Gasteiger partial charge in [0.1, 0.15) is 13.0 Å². The van der Waals surface area contributed by atoms with Crippen LogP contribution < -0.4 is 0 Å². The Bertz CT molecular complexity index is 241. The Balaban J connectivity index is 4.38. The van der Waals surface area contributed by atoms with E-state index in [1.54, 1.807) is 0 Å². The summed E-state index contributed by atoms with van der Waals surface area (Å²) in [5.74, 6) is -2.68. The van der Waals surface area contributed by atoms with Crippen molar-refractivity contribution >= 4 is 11.9 Å². The molecular weight excluding hydrogens is 219 g/mol. The van der Waals surface area contributed by atoms with E-state index in [1.165, 1.54) is 0 Å². The van der Waals surface area contributed by atoms with E-state index in [0.29, 0.717) is 0 Å². The van der Waals surface area contributed by atoms with Crippen LogP contribution in [0.1, 0.15) is 6.42 Å². The predicted molar refractivity (Wildman–Crippen MR) is 42.0 cm³/mol. The number of aliphatic carboxylic acids is 1. The summed E-state index contributed by atoms with van der Waals surface area (Å²) in [4.78, 5) is 21.3. The molecule has 1 amide bonds. The number of carbonyl (C=O) groups excluding carboxylic acids is 1. The van der Waals surface area contributed by atoms with E-state index in [0.717, 1.165) is 0 Å². The highest BCUT2D eigenvalue weighted by atomic mass is 19.4. The van der Waals surface area contributed by atoms with Gasteiger partial charge in [0.05, 0.1) is 6.61 Å². The van der Waals surface area contributed by atoms with E-state index in [4.69, 9.17) is 10.2 Å². The van der Waals surface area contributed by atoms with Crippen LogP contribution in [-0.4, -0.2) is 52.9 Å². The van der Waals surface area contributed by atoms with Gasteiger partial charge in [-0.15, -0.1) is 0 Å². The van der Waals surface area contributed by atoms with Crippen molar-refractivity contribution in [3.05, 3.63) is 0 Å². The summed E-state index contributed by atoms with van der Waals surface area (Å²) < 4.78 is 35.7. The van der Waals surface area contributed by atoms with E-state index < -0.39 is 44.2 Å². The van der Waals surface area contributed by atoms with Gasteiger partial charge in [-0.2, -0.15) is 13.2 Å². The fourth-order valence-corrected chi connectivity index (χ4v) is 0.870. The van der Waals surface area contributed by atoms with Crippen LogP contribution in [0.3, 0.4) is 0 Å². The summed E-state index contributed by atoms with van der Waals surface area (Å²) in [5, 5.41) is 16.6. The first kappa shape index (κ1) is 13.7. The van der Waals surface area contributed by atoms with Gasteiger partial charge in [0.2, 0.25) is 5.91 Å². The minimum Gasteiger partial charge on any atom is -0.481 e. The summed E-state index contributed by atoms with van der Waals surface area (Å²) in [6.07, 6.45) is -5.63. The van der Waals surface area contributed by atoms with Gasteiger partial charge in [-0.1, -0.05) is 0 Å². The van der Waals surface area contributed by atoms with E-state index in [-0.39, 0.29) is 4.90 Å². The average Bonchev–Trinajstić information content (AvgIpc) is 1.99. The number of carbonyl (C=O) groups is 2. The van der Waals surface area contributed by atoms with Crippen molar-refractivity contribution in [3.63, 3.8) is 0 Å². The van der Waals surface area contributed by atoms with Gasteiger partial charge in [-0.25, -0.2) is 0 Å². The lowest BCUT2D eigenvalue weighted by Crippen LogP contribution is -2.41. The molecule has 0 saturated heterocycles. The Kier molecular flexibility index (Phi) is 5.06. The van der Waals surface area contributed by atoms with Gasteiger partial charge in [-0.05, 0) is 0 Å². The highest BCUT2D eigenvalue weighted by Gasteiger charge is 2.33. The molecule has 15 heavy (non-hydrogen) atoms. The summed E-state index contributed by atoms with van der Waals surface area (Å²) in [5.41, 5.74) is 0. The maximum Gasteiger partial charge on any atom is 0.406 e. The maximum atomic E-state index is 11.9. The SMILES string of the molecule is O=C(O)CC(=O)N(CCO)CC(F)(F)F. The van der Waals surface area contributed by atoms with Crippen molar-refractivity contribution in [2.75, 3.05) is 19.7 Å². The quantitative estimate of drug-likeness (QED) is 0.642. The third-order valence-corrected chi connectivity index (χ3v) is 1.40. The van der Waals surface area contributed by atoms with Crippen LogP contribution in [-0.2, 0) is 9.59 Å². The van der Waals surface area contributed by atoms with E-state index >= 15 is 0 Å². The molecule has 8 heteroatoms. The van der Waals surface area contributed by atoms with Crippen LogP contribution >= 0.6 is 0 Å². The number of carboxylic acid groups (broad SMARTS) is 1. The molecule has 0 rings (SSSR count). The number of aliphatic hydroxyl groups is 1. The molecule has 0 aliphatic rings. The van der Waals surface area contributed by atoms with Crippen LogP contribution in [0.2, 0.25) is 0 Å². The van der Waals surface area contributed by atoms with Crippen LogP contribution in [0.5, 0.6) is 0 Å². The van der Waals surface area contributed by atoms with Crippen molar-refractivity contribution in [3.8, 4) is 0 Å². The first-order chi connectivity index (χ1) is 6.76. The van der Waals surface area contributed by atoms with Gasteiger partial charge in [0, 0.05) is 6.54 Å². The third-order valence-electron chi connectivity index (χ3n) is 1.40. The van der Waals surface area contributed by atoms with Crippen LogP contribution in [0.15, 0.2) is 0 Å². The van der Waals surface area contributed by atoms with Crippen molar-refractivity contribution in [1.29, 1.82) is 0 Å². The summed E-state index contributed by atoms with van der Waals surface area (Å²) in [6, 6.07) is 0. The lowest BCUT2D eigenvalue weighted by Gasteiger charge is -2.22. The topological polar surface area (TPSA) is 77.8 Å². The molecular formula is C7H10F3NO4. The molecule has 0 fully saturated rings. The zero-order valence-electron chi connectivity index (χ0n) is 7.62. The minimum atomic E-state index is -4.61. The average molecular weight is 229 g/mol. The molecule has 5 nitrogen and oxygen atoms in total. The van der Waals surface area contributed by atoms with Crippen LogP contribution in [0.25, 0.3) is 0 Å². The number of alkyl halides is 3. The number of halogens is 3. The molecule has 88 valence electrons. The second-order valence-corrected chi connectivity index (χ2v) is 2.72. The number of amides is 1. The number of nitrogens with zero attached hydrogens (tertiary/aromatic N) is 1. The minimum absolute atomic E-state index is 0.258. The van der Waals surface area contributed by atoms with Crippen LogP contribution in [0.4, 0.5) is 13.2 Å². The second kappa shape index (κ2) is 5.54. The van der Waals surface area contributed by atoms with Crippen molar-refractivity contribution in [2.45, 2.75) is 12.6 Å². The predicted octanol–water partition coefficient (Wildman–Crippen LogP) is -0.156. The first-order valence-electron chi connectivity index (χ1n) is 3.93. The molecule has 0 aliphatic carbocycles. The molecule has 0 unspecified atom stereocenters. The molecule has 0 bridgehead atoms. The molecule has 0 spiro atoms. The highest BCUT2D eigenvalue weighted by molar-refractivity contribution is 5.93. The van der Waals surface area contributed by atoms with E-state index in [9.17, 15) is 22.8 Å². The Morgan fingerprint density at radius 3 is 2.13 bits per heavy atom. The molecule has 0 saturated carbocycles.